The van der Waals surface area contributed by atoms with Crippen molar-refractivity contribution in [3.05, 3.63) is 63.1 Å². The Morgan fingerprint density at radius 2 is 2.00 bits per heavy atom. The van der Waals surface area contributed by atoms with Crippen LogP contribution in [0.1, 0.15) is 22.3 Å². The van der Waals surface area contributed by atoms with E-state index < -0.39 is 0 Å². The fourth-order valence-corrected chi connectivity index (χ4v) is 2.96. The van der Waals surface area contributed by atoms with E-state index in [1.54, 1.807) is 12.1 Å². The molecular formula is C16H13BrClNO. The van der Waals surface area contributed by atoms with Gasteiger partial charge in [-0.15, -0.1) is 0 Å². The minimum Gasteiger partial charge on any atom is -0.308 e. The highest BCUT2D eigenvalue weighted by Gasteiger charge is 2.23. The number of anilines is 1. The van der Waals surface area contributed by atoms with E-state index in [4.69, 9.17) is 11.6 Å². The van der Waals surface area contributed by atoms with Crippen molar-refractivity contribution in [3.8, 4) is 0 Å². The zero-order chi connectivity index (χ0) is 14.1. The maximum absolute atomic E-state index is 12.7. The molecule has 0 bridgehead atoms. The predicted octanol–water partition coefficient (Wildman–Crippen LogP) is 4.70. The third kappa shape index (κ3) is 2.48. The highest BCUT2D eigenvalue weighted by Crippen LogP contribution is 2.29. The molecule has 20 heavy (non-hydrogen) atoms. The maximum Gasteiger partial charge on any atom is 0.258 e. The second-order valence-electron chi connectivity index (χ2n) is 4.82. The standard InChI is InChI=1S/C16H13BrClNO/c17-13-8-7-12(10-14(13)18)16(20)19-9-3-5-11-4-1-2-6-15(11)19/h1-2,4,6-8,10H,3,5,9H2. The van der Waals surface area contributed by atoms with Gasteiger partial charge in [0.2, 0.25) is 0 Å². The van der Waals surface area contributed by atoms with Crippen molar-refractivity contribution in [2.24, 2.45) is 0 Å². The first kappa shape index (κ1) is 13.7. The Morgan fingerprint density at radius 1 is 1.20 bits per heavy atom. The minimum atomic E-state index is 0.00606. The number of carbonyl (C=O) groups is 1. The Hall–Kier alpha value is -1.32. The number of benzene rings is 2. The van der Waals surface area contributed by atoms with Gasteiger partial charge in [0.1, 0.15) is 0 Å². The predicted molar refractivity (Wildman–Crippen MR) is 85.6 cm³/mol. The molecule has 2 nitrogen and oxygen atoms in total. The van der Waals surface area contributed by atoms with E-state index >= 15 is 0 Å². The van der Waals surface area contributed by atoms with Crippen molar-refractivity contribution in [1.29, 1.82) is 0 Å². The van der Waals surface area contributed by atoms with E-state index in [1.807, 2.05) is 29.2 Å². The smallest absolute Gasteiger partial charge is 0.258 e. The summed E-state index contributed by atoms with van der Waals surface area (Å²) in [7, 11) is 0. The zero-order valence-corrected chi connectivity index (χ0v) is 13.1. The number of amides is 1. The molecule has 0 aromatic heterocycles. The molecule has 3 rings (SSSR count). The lowest BCUT2D eigenvalue weighted by molar-refractivity contribution is 0.0985. The van der Waals surface area contributed by atoms with Gasteiger partial charge in [-0.1, -0.05) is 29.8 Å². The summed E-state index contributed by atoms with van der Waals surface area (Å²) in [6.07, 6.45) is 2.02. The lowest BCUT2D eigenvalue weighted by Crippen LogP contribution is -2.35. The average Bonchev–Trinajstić information content (AvgIpc) is 2.49. The molecule has 1 amide bonds. The molecule has 1 aliphatic rings. The molecule has 0 spiro atoms. The molecule has 0 saturated heterocycles. The Balaban J connectivity index is 1.97. The van der Waals surface area contributed by atoms with Crippen LogP contribution in [0.15, 0.2) is 46.9 Å². The number of hydrogen-bond acceptors (Lipinski definition) is 1. The fourth-order valence-electron chi connectivity index (χ4n) is 2.53. The summed E-state index contributed by atoms with van der Waals surface area (Å²) in [6.45, 7) is 0.754. The van der Waals surface area contributed by atoms with E-state index in [0.29, 0.717) is 10.6 Å². The van der Waals surface area contributed by atoms with Crippen LogP contribution in [-0.2, 0) is 6.42 Å². The highest BCUT2D eigenvalue weighted by molar-refractivity contribution is 9.10. The van der Waals surface area contributed by atoms with Crippen LogP contribution in [0, 0.1) is 0 Å². The summed E-state index contributed by atoms with van der Waals surface area (Å²) < 4.78 is 0.801. The highest BCUT2D eigenvalue weighted by atomic mass is 79.9. The minimum absolute atomic E-state index is 0.00606. The Labute approximate surface area is 131 Å². The van der Waals surface area contributed by atoms with Gasteiger partial charge in [0.25, 0.3) is 5.91 Å². The number of nitrogens with zero attached hydrogens (tertiary/aromatic N) is 1. The van der Waals surface area contributed by atoms with Crippen molar-refractivity contribution in [2.75, 3.05) is 11.4 Å². The van der Waals surface area contributed by atoms with E-state index in [9.17, 15) is 4.79 Å². The van der Waals surface area contributed by atoms with Crippen LogP contribution in [0.2, 0.25) is 5.02 Å². The molecule has 2 aromatic carbocycles. The first-order valence-corrected chi connectivity index (χ1v) is 7.69. The summed E-state index contributed by atoms with van der Waals surface area (Å²) in [5.41, 5.74) is 2.87. The normalized spacial score (nSPS) is 14.0. The molecular weight excluding hydrogens is 338 g/mol. The monoisotopic (exact) mass is 349 g/mol. The molecule has 0 aliphatic carbocycles. The van der Waals surface area contributed by atoms with E-state index in [0.717, 1.165) is 29.5 Å². The average molecular weight is 351 g/mol. The molecule has 0 N–H and O–H groups in total. The number of aryl methyl sites for hydroxylation is 1. The van der Waals surface area contributed by atoms with Gasteiger partial charge in [0, 0.05) is 22.3 Å². The number of carbonyl (C=O) groups excluding carboxylic acids is 1. The third-order valence-electron chi connectivity index (χ3n) is 3.52. The van der Waals surface area contributed by atoms with Crippen LogP contribution in [0.3, 0.4) is 0 Å². The van der Waals surface area contributed by atoms with Crippen molar-refractivity contribution in [2.45, 2.75) is 12.8 Å². The zero-order valence-electron chi connectivity index (χ0n) is 10.8. The van der Waals surface area contributed by atoms with Crippen molar-refractivity contribution >= 4 is 39.1 Å². The number of halogens is 2. The molecule has 0 unspecified atom stereocenters. The molecule has 0 saturated carbocycles. The molecule has 0 radical (unpaired) electrons. The fraction of sp³-hybridized carbons (Fsp3) is 0.188. The Kier molecular flexibility index (Phi) is 3.81. The molecule has 102 valence electrons. The van der Waals surface area contributed by atoms with Crippen LogP contribution in [0.4, 0.5) is 5.69 Å². The van der Waals surface area contributed by atoms with Crippen molar-refractivity contribution in [3.63, 3.8) is 0 Å². The SMILES string of the molecule is O=C(c1ccc(Br)c(Cl)c1)N1CCCc2ccccc21. The summed E-state index contributed by atoms with van der Waals surface area (Å²) >= 11 is 9.42. The van der Waals surface area contributed by atoms with Gasteiger partial charge in [-0.3, -0.25) is 4.79 Å². The number of para-hydroxylation sites is 1. The Bertz CT molecular complexity index is 671. The summed E-state index contributed by atoms with van der Waals surface area (Å²) in [5.74, 6) is 0.00606. The summed E-state index contributed by atoms with van der Waals surface area (Å²) in [6, 6.07) is 13.4. The van der Waals surface area contributed by atoms with E-state index in [2.05, 4.69) is 22.0 Å². The second-order valence-corrected chi connectivity index (χ2v) is 6.08. The number of fused-ring (bicyclic) bond motifs is 1. The summed E-state index contributed by atoms with van der Waals surface area (Å²) in [4.78, 5) is 14.5. The van der Waals surface area contributed by atoms with Crippen molar-refractivity contribution < 1.29 is 4.79 Å². The molecule has 0 atom stereocenters. The third-order valence-corrected chi connectivity index (χ3v) is 4.75. The molecule has 4 heteroatoms. The van der Waals surface area contributed by atoms with E-state index in [-0.39, 0.29) is 5.91 Å². The number of hydrogen-bond donors (Lipinski definition) is 0. The quantitative estimate of drug-likeness (QED) is 0.730. The van der Waals surface area contributed by atoms with Gasteiger partial charge in [-0.2, -0.15) is 0 Å². The number of rotatable bonds is 1. The van der Waals surface area contributed by atoms with Gasteiger partial charge < -0.3 is 4.90 Å². The van der Waals surface area contributed by atoms with E-state index in [1.165, 1.54) is 5.56 Å². The second kappa shape index (κ2) is 5.58. The van der Waals surface area contributed by atoms with Crippen LogP contribution in [0.25, 0.3) is 0 Å². The largest absolute Gasteiger partial charge is 0.308 e. The van der Waals surface area contributed by atoms with Gasteiger partial charge in [0.05, 0.1) is 5.02 Å². The first-order chi connectivity index (χ1) is 9.66. The molecule has 1 aliphatic heterocycles. The molecule has 1 heterocycles. The van der Waals surface area contributed by atoms with Gasteiger partial charge in [-0.05, 0) is 58.6 Å². The Morgan fingerprint density at radius 3 is 2.80 bits per heavy atom. The van der Waals surface area contributed by atoms with Crippen LogP contribution >= 0.6 is 27.5 Å². The molecule has 2 aromatic rings. The lowest BCUT2D eigenvalue weighted by atomic mass is 10.0. The van der Waals surface area contributed by atoms with Crippen molar-refractivity contribution in [1.82, 2.24) is 0 Å². The van der Waals surface area contributed by atoms with Gasteiger partial charge in [-0.25, -0.2) is 0 Å². The molecule has 0 fully saturated rings. The van der Waals surface area contributed by atoms with Gasteiger partial charge in [0.15, 0.2) is 0 Å². The lowest BCUT2D eigenvalue weighted by Gasteiger charge is -2.29. The maximum atomic E-state index is 12.7. The van der Waals surface area contributed by atoms with Gasteiger partial charge >= 0.3 is 0 Å². The van der Waals surface area contributed by atoms with Crippen LogP contribution in [-0.4, -0.2) is 12.5 Å². The van der Waals surface area contributed by atoms with Crippen LogP contribution in [0.5, 0.6) is 0 Å². The summed E-state index contributed by atoms with van der Waals surface area (Å²) in [5, 5.41) is 0.557. The first-order valence-electron chi connectivity index (χ1n) is 6.51. The topological polar surface area (TPSA) is 20.3 Å². The van der Waals surface area contributed by atoms with Crippen LogP contribution < -0.4 is 4.90 Å².